The minimum atomic E-state index is -1.09. The van der Waals surface area contributed by atoms with Gasteiger partial charge in [-0.3, -0.25) is 9.59 Å². The molecule has 0 spiro atoms. The van der Waals surface area contributed by atoms with E-state index in [9.17, 15) is 14.0 Å². The van der Waals surface area contributed by atoms with Gasteiger partial charge in [0.15, 0.2) is 11.6 Å². The predicted octanol–water partition coefficient (Wildman–Crippen LogP) is 1.14. The van der Waals surface area contributed by atoms with Crippen LogP contribution in [0.1, 0.15) is 6.42 Å². The number of rotatable bonds is 5. The van der Waals surface area contributed by atoms with E-state index in [1.54, 1.807) is 12.1 Å². The van der Waals surface area contributed by atoms with E-state index in [0.717, 1.165) is 0 Å². The second-order valence-corrected chi connectivity index (χ2v) is 4.28. The molecule has 19 heavy (non-hydrogen) atoms. The van der Waals surface area contributed by atoms with Crippen LogP contribution < -0.4 is 4.74 Å². The molecule has 1 fully saturated rings. The molecule has 0 radical (unpaired) electrons. The number of amides is 1. The molecular formula is C13H14FNO4. The van der Waals surface area contributed by atoms with Crippen LogP contribution in [-0.2, 0) is 9.59 Å². The molecule has 1 aromatic rings. The molecular weight excluding hydrogens is 253 g/mol. The maximum atomic E-state index is 13.3. The third kappa shape index (κ3) is 3.01. The Labute approximate surface area is 109 Å². The van der Waals surface area contributed by atoms with Crippen LogP contribution >= 0.6 is 0 Å². The predicted molar refractivity (Wildman–Crippen MR) is 64.2 cm³/mol. The van der Waals surface area contributed by atoms with Crippen molar-refractivity contribution in [3.63, 3.8) is 0 Å². The Balaban J connectivity index is 1.83. The van der Waals surface area contributed by atoms with Gasteiger partial charge in [0.25, 0.3) is 0 Å². The fraction of sp³-hybridized carbons (Fsp3) is 0.385. The molecule has 0 saturated carbocycles. The average Bonchev–Trinajstić information content (AvgIpc) is 2.74. The van der Waals surface area contributed by atoms with E-state index in [1.165, 1.54) is 17.0 Å². The molecule has 6 heteroatoms. The highest BCUT2D eigenvalue weighted by atomic mass is 19.1. The Hall–Kier alpha value is -2.11. The zero-order valence-electron chi connectivity index (χ0n) is 10.2. The average molecular weight is 267 g/mol. The number of halogens is 1. The van der Waals surface area contributed by atoms with Gasteiger partial charge in [0, 0.05) is 6.54 Å². The molecule has 1 N–H and O–H groups in total. The topological polar surface area (TPSA) is 66.8 Å². The van der Waals surface area contributed by atoms with Crippen LogP contribution in [0.25, 0.3) is 0 Å². The summed E-state index contributed by atoms with van der Waals surface area (Å²) in [5.74, 6) is -2.77. The molecule has 2 rings (SSSR count). The highest BCUT2D eigenvalue weighted by molar-refractivity contribution is 5.98. The van der Waals surface area contributed by atoms with Crippen molar-refractivity contribution in [1.82, 2.24) is 4.90 Å². The van der Waals surface area contributed by atoms with E-state index in [-0.39, 0.29) is 18.9 Å². The van der Waals surface area contributed by atoms with Crippen molar-refractivity contribution >= 4 is 11.9 Å². The first kappa shape index (κ1) is 13.3. The lowest BCUT2D eigenvalue weighted by Crippen LogP contribution is -2.33. The number of carbonyl (C=O) groups excluding carboxylic acids is 1. The first-order valence-electron chi connectivity index (χ1n) is 5.98. The molecule has 0 bridgehead atoms. The summed E-state index contributed by atoms with van der Waals surface area (Å²) in [6, 6.07) is 6.00. The smallest absolute Gasteiger partial charge is 0.316 e. The number of hydrogen-bond donors (Lipinski definition) is 1. The summed E-state index contributed by atoms with van der Waals surface area (Å²) < 4.78 is 18.5. The lowest BCUT2D eigenvalue weighted by Gasteiger charge is -2.16. The third-order valence-electron chi connectivity index (χ3n) is 3.05. The Bertz CT molecular complexity index is 491. The summed E-state index contributed by atoms with van der Waals surface area (Å²) in [4.78, 5) is 23.9. The minimum absolute atomic E-state index is 0.129. The van der Waals surface area contributed by atoms with Crippen LogP contribution in [0.2, 0.25) is 0 Å². The maximum Gasteiger partial charge on any atom is 0.316 e. The fourth-order valence-electron chi connectivity index (χ4n) is 2.02. The van der Waals surface area contributed by atoms with Gasteiger partial charge >= 0.3 is 5.97 Å². The van der Waals surface area contributed by atoms with Crippen LogP contribution in [0.5, 0.6) is 5.75 Å². The fourth-order valence-corrected chi connectivity index (χ4v) is 2.02. The lowest BCUT2D eigenvalue weighted by atomic mass is 10.1. The standard InChI is InChI=1S/C13H14FNO4/c14-10-3-1-2-4-11(10)19-8-7-15-6-5-9(12(15)16)13(17)18/h1-4,9H,5-8H2,(H,17,18). The Morgan fingerprint density at radius 3 is 2.84 bits per heavy atom. The number of hydrogen-bond acceptors (Lipinski definition) is 3. The van der Waals surface area contributed by atoms with Crippen LogP contribution in [0.15, 0.2) is 24.3 Å². The van der Waals surface area contributed by atoms with Crippen LogP contribution in [0.3, 0.4) is 0 Å². The van der Waals surface area contributed by atoms with E-state index < -0.39 is 23.6 Å². The summed E-state index contributed by atoms with van der Waals surface area (Å²) in [6.45, 7) is 0.798. The summed E-state index contributed by atoms with van der Waals surface area (Å²) >= 11 is 0. The number of nitrogens with zero attached hydrogens (tertiary/aromatic N) is 1. The second-order valence-electron chi connectivity index (χ2n) is 4.28. The van der Waals surface area contributed by atoms with E-state index >= 15 is 0 Å². The molecule has 1 saturated heterocycles. The molecule has 1 heterocycles. The van der Waals surface area contributed by atoms with Gasteiger partial charge in [0.05, 0.1) is 6.54 Å². The molecule has 1 unspecified atom stereocenters. The monoisotopic (exact) mass is 267 g/mol. The highest BCUT2D eigenvalue weighted by Crippen LogP contribution is 2.19. The molecule has 5 nitrogen and oxygen atoms in total. The van der Waals surface area contributed by atoms with Gasteiger partial charge in [-0.15, -0.1) is 0 Å². The maximum absolute atomic E-state index is 13.3. The molecule has 102 valence electrons. The Kier molecular flexibility index (Phi) is 3.99. The number of benzene rings is 1. The molecule has 1 atom stereocenters. The SMILES string of the molecule is O=C(O)C1CCN(CCOc2ccccc2F)C1=O. The molecule has 1 amide bonds. The largest absolute Gasteiger partial charge is 0.489 e. The molecule has 1 aromatic carbocycles. The van der Waals surface area contributed by atoms with Gasteiger partial charge in [-0.1, -0.05) is 12.1 Å². The van der Waals surface area contributed by atoms with Gasteiger partial charge in [0.2, 0.25) is 5.91 Å². The van der Waals surface area contributed by atoms with Gasteiger partial charge in [0.1, 0.15) is 12.5 Å². The zero-order chi connectivity index (χ0) is 13.8. The second kappa shape index (κ2) is 5.69. The number of carbonyl (C=O) groups is 2. The number of para-hydroxylation sites is 1. The number of likely N-dealkylation sites (tertiary alicyclic amines) is 1. The number of carboxylic acids is 1. The van der Waals surface area contributed by atoms with E-state index in [4.69, 9.17) is 9.84 Å². The molecule has 0 aliphatic carbocycles. The summed E-state index contributed by atoms with van der Waals surface area (Å²) in [6.07, 6.45) is 0.313. The van der Waals surface area contributed by atoms with Crippen molar-refractivity contribution in [3.05, 3.63) is 30.1 Å². The highest BCUT2D eigenvalue weighted by Gasteiger charge is 2.36. The quantitative estimate of drug-likeness (QED) is 0.812. The van der Waals surface area contributed by atoms with Crippen LogP contribution in [0.4, 0.5) is 4.39 Å². The van der Waals surface area contributed by atoms with E-state index in [2.05, 4.69) is 0 Å². The summed E-state index contributed by atoms with van der Waals surface area (Å²) in [5, 5.41) is 8.81. The van der Waals surface area contributed by atoms with Crippen molar-refractivity contribution in [2.24, 2.45) is 5.92 Å². The van der Waals surface area contributed by atoms with Gasteiger partial charge < -0.3 is 14.7 Å². The first-order valence-corrected chi connectivity index (χ1v) is 5.98. The van der Waals surface area contributed by atoms with Crippen LogP contribution in [-0.4, -0.2) is 41.6 Å². The van der Waals surface area contributed by atoms with Gasteiger partial charge in [-0.05, 0) is 18.6 Å². The van der Waals surface area contributed by atoms with Crippen molar-refractivity contribution in [1.29, 1.82) is 0 Å². The Morgan fingerprint density at radius 2 is 2.21 bits per heavy atom. The Morgan fingerprint density at radius 1 is 1.47 bits per heavy atom. The van der Waals surface area contributed by atoms with Crippen molar-refractivity contribution in [2.75, 3.05) is 19.7 Å². The minimum Gasteiger partial charge on any atom is -0.489 e. The number of aliphatic carboxylic acids is 1. The van der Waals surface area contributed by atoms with Crippen molar-refractivity contribution < 1.29 is 23.8 Å². The van der Waals surface area contributed by atoms with Crippen molar-refractivity contribution in [2.45, 2.75) is 6.42 Å². The van der Waals surface area contributed by atoms with E-state index in [0.29, 0.717) is 13.0 Å². The zero-order valence-corrected chi connectivity index (χ0v) is 10.2. The third-order valence-corrected chi connectivity index (χ3v) is 3.05. The van der Waals surface area contributed by atoms with Crippen LogP contribution in [0, 0.1) is 11.7 Å². The van der Waals surface area contributed by atoms with Crippen molar-refractivity contribution in [3.8, 4) is 5.75 Å². The summed E-state index contributed by atoms with van der Waals surface area (Å²) in [5.41, 5.74) is 0. The lowest BCUT2D eigenvalue weighted by molar-refractivity contribution is -0.147. The first-order chi connectivity index (χ1) is 9.09. The van der Waals surface area contributed by atoms with Gasteiger partial charge in [-0.25, -0.2) is 4.39 Å². The van der Waals surface area contributed by atoms with Gasteiger partial charge in [-0.2, -0.15) is 0 Å². The number of ether oxygens (including phenoxy) is 1. The number of carboxylic acid groups (broad SMARTS) is 1. The molecule has 1 aliphatic heterocycles. The molecule has 1 aliphatic rings. The van der Waals surface area contributed by atoms with E-state index in [1.807, 2.05) is 0 Å². The summed E-state index contributed by atoms with van der Waals surface area (Å²) in [7, 11) is 0. The molecule has 0 aromatic heterocycles. The normalized spacial score (nSPS) is 18.7.